The van der Waals surface area contributed by atoms with Crippen molar-refractivity contribution < 1.29 is 4.42 Å². The van der Waals surface area contributed by atoms with E-state index >= 15 is 0 Å². The average Bonchev–Trinajstić information content (AvgIpc) is 3.79. The number of hydrogen-bond donors (Lipinski definition) is 0. The molecule has 0 aliphatic carbocycles. The normalized spacial score (nSPS) is 11.6. The summed E-state index contributed by atoms with van der Waals surface area (Å²) in [5.74, 6) is 1.83. The molecule has 11 aromatic carbocycles. The van der Waals surface area contributed by atoms with Gasteiger partial charge in [0.05, 0.1) is 0 Å². The van der Waals surface area contributed by atoms with Gasteiger partial charge in [-0.1, -0.05) is 206 Å². The summed E-state index contributed by atoms with van der Waals surface area (Å²) in [6, 6.07) is 83.7. The van der Waals surface area contributed by atoms with E-state index in [2.05, 4.69) is 218 Å². The third-order valence-corrected chi connectivity index (χ3v) is 13.1. The Balaban J connectivity index is 0.912. The van der Waals surface area contributed by atoms with E-state index in [0.717, 1.165) is 77.2 Å². The summed E-state index contributed by atoms with van der Waals surface area (Å²) in [4.78, 5) is 15.7. The molecule has 0 N–H and O–H groups in total. The lowest BCUT2D eigenvalue weighted by molar-refractivity contribution is 0.669. The highest BCUT2D eigenvalue weighted by Gasteiger charge is 2.17. The Bertz CT molecular complexity index is 4030. The van der Waals surface area contributed by atoms with E-state index in [1.165, 1.54) is 38.2 Å². The van der Waals surface area contributed by atoms with Crippen LogP contribution in [-0.4, -0.2) is 15.0 Å². The van der Waals surface area contributed by atoms with Crippen LogP contribution in [0.5, 0.6) is 0 Å². The fourth-order valence-electron chi connectivity index (χ4n) is 9.77. The number of para-hydroxylation sites is 1. The van der Waals surface area contributed by atoms with Crippen LogP contribution in [-0.2, 0) is 0 Å². The Morgan fingerprint density at radius 2 is 0.687 bits per heavy atom. The molecule has 0 aliphatic rings. The first-order valence-electron chi connectivity index (χ1n) is 22.7. The summed E-state index contributed by atoms with van der Waals surface area (Å²) >= 11 is 0. The van der Waals surface area contributed by atoms with E-state index in [9.17, 15) is 0 Å². The van der Waals surface area contributed by atoms with Crippen molar-refractivity contribution in [3.8, 4) is 78.7 Å². The first kappa shape index (κ1) is 38.5. The molecule has 0 saturated carbocycles. The second-order valence-corrected chi connectivity index (χ2v) is 17.1. The fraction of sp³-hybridized carbons (Fsp3) is 0. The van der Waals surface area contributed by atoms with Crippen LogP contribution in [0.4, 0.5) is 0 Å². The van der Waals surface area contributed by atoms with Gasteiger partial charge >= 0.3 is 0 Å². The molecule has 0 saturated heterocycles. The van der Waals surface area contributed by atoms with Gasteiger partial charge in [0.2, 0.25) is 0 Å². The summed E-state index contributed by atoms with van der Waals surface area (Å²) in [6.45, 7) is 0. The predicted molar refractivity (Wildman–Crippen MR) is 278 cm³/mol. The van der Waals surface area contributed by atoms with Gasteiger partial charge in [-0.15, -0.1) is 0 Å². The van der Waals surface area contributed by atoms with Gasteiger partial charge < -0.3 is 4.42 Å². The van der Waals surface area contributed by atoms with Crippen LogP contribution in [0.25, 0.3) is 133 Å². The summed E-state index contributed by atoms with van der Waals surface area (Å²) in [5.41, 5.74) is 13.7. The van der Waals surface area contributed by atoms with E-state index in [4.69, 9.17) is 19.4 Å². The second-order valence-electron chi connectivity index (χ2n) is 17.1. The van der Waals surface area contributed by atoms with Crippen LogP contribution in [0.15, 0.2) is 241 Å². The van der Waals surface area contributed by atoms with Crippen LogP contribution in [0.2, 0.25) is 0 Å². The van der Waals surface area contributed by atoms with Gasteiger partial charge in [0.1, 0.15) is 11.2 Å². The van der Waals surface area contributed by atoms with Crippen molar-refractivity contribution in [3.05, 3.63) is 237 Å². The summed E-state index contributed by atoms with van der Waals surface area (Å²) in [6.07, 6.45) is 0. The molecule has 13 aromatic rings. The summed E-state index contributed by atoms with van der Waals surface area (Å²) in [7, 11) is 0. The number of furan rings is 1. The van der Waals surface area contributed by atoms with Gasteiger partial charge in [-0.25, -0.2) is 15.0 Å². The van der Waals surface area contributed by atoms with Crippen LogP contribution < -0.4 is 0 Å². The monoisotopic (exact) mass is 853 g/mol. The maximum atomic E-state index is 6.26. The third-order valence-electron chi connectivity index (χ3n) is 13.1. The van der Waals surface area contributed by atoms with E-state index in [0.29, 0.717) is 17.5 Å². The van der Waals surface area contributed by atoms with Crippen LogP contribution >= 0.6 is 0 Å². The minimum atomic E-state index is 0.609. The Morgan fingerprint density at radius 1 is 0.239 bits per heavy atom. The van der Waals surface area contributed by atoms with Gasteiger partial charge in [-0.05, 0) is 107 Å². The van der Waals surface area contributed by atoms with Crippen molar-refractivity contribution in [1.29, 1.82) is 0 Å². The van der Waals surface area contributed by atoms with Crippen molar-refractivity contribution in [2.75, 3.05) is 0 Å². The standard InChI is InChI=1S/C63H39N3O/c1-3-17-52-42(11-1)13-8-20-54(52)44-29-25-40(26-30-44)47-15-7-16-49(37-47)62-64-61(46-33-31-45(32-34-46)55-21-9-14-43-12-2-4-18-53(43)55)65-63(66-62)50-36-28-41-27-35-48(38-51(41)39-50)56-22-10-24-59-60(56)57-19-5-6-23-58(57)67-59/h1-39H. The Morgan fingerprint density at radius 3 is 1.37 bits per heavy atom. The lowest BCUT2D eigenvalue weighted by Gasteiger charge is -2.12. The van der Waals surface area contributed by atoms with E-state index in [1.54, 1.807) is 0 Å². The van der Waals surface area contributed by atoms with Crippen molar-refractivity contribution >= 4 is 54.3 Å². The first-order chi connectivity index (χ1) is 33.2. The Hall–Kier alpha value is -8.99. The molecule has 0 aliphatic heterocycles. The third kappa shape index (κ3) is 6.91. The minimum Gasteiger partial charge on any atom is -0.456 e. The maximum Gasteiger partial charge on any atom is 0.164 e. The number of aromatic nitrogens is 3. The largest absolute Gasteiger partial charge is 0.456 e. The number of rotatable bonds is 7. The van der Waals surface area contributed by atoms with Crippen LogP contribution in [0, 0.1) is 0 Å². The first-order valence-corrected chi connectivity index (χ1v) is 22.7. The topological polar surface area (TPSA) is 51.8 Å². The zero-order valence-electron chi connectivity index (χ0n) is 36.3. The van der Waals surface area contributed by atoms with Crippen LogP contribution in [0.3, 0.4) is 0 Å². The molecule has 0 fully saturated rings. The average molecular weight is 854 g/mol. The summed E-state index contributed by atoms with van der Waals surface area (Å²) < 4.78 is 6.26. The van der Waals surface area contributed by atoms with E-state index in [-0.39, 0.29) is 0 Å². The highest BCUT2D eigenvalue weighted by molar-refractivity contribution is 6.13. The number of benzene rings is 11. The van der Waals surface area contributed by atoms with E-state index in [1.807, 2.05) is 18.2 Å². The fourth-order valence-corrected chi connectivity index (χ4v) is 9.77. The molecule has 4 heteroatoms. The van der Waals surface area contributed by atoms with Gasteiger partial charge in [0.15, 0.2) is 17.5 Å². The zero-order chi connectivity index (χ0) is 44.3. The molecule has 0 unspecified atom stereocenters. The van der Waals surface area contributed by atoms with Gasteiger partial charge in [0.25, 0.3) is 0 Å². The number of fused-ring (bicyclic) bond motifs is 6. The Labute approximate surface area is 387 Å². The molecule has 2 heterocycles. The molecule has 13 rings (SSSR count). The molecule has 312 valence electrons. The molecule has 2 aromatic heterocycles. The smallest absolute Gasteiger partial charge is 0.164 e. The van der Waals surface area contributed by atoms with Crippen molar-refractivity contribution in [3.63, 3.8) is 0 Å². The SMILES string of the molecule is c1cc(-c2ccc(-c3cccc4ccccc34)cc2)cc(-c2nc(-c3ccc(-c4cccc5ccccc45)cc3)nc(-c3ccc4ccc(-c5cccc6oc7ccccc7c56)cc4c3)n2)c1. The number of nitrogens with zero attached hydrogens (tertiary/aromatic N) is 3. The van der Waals surface area contributed by atoms with Gasteiger partial charge in [-0.2, -0.15) is 0 Å². The molecule has 0 amide bonds. The quantitative estimate of drug-likeness (QED) is 0.160. The second kappa shape index (κ2) is 15.9. The van der Waals surface area contributed by atoms with E-state index < -0.39 is 0 Å². The highest BCUT2D eigenvalue weighted by atomic mass is 16.3. The molecule has 4 nitrogen and oxygen atoms in total. The zero-order valence-corrected chi connectivity index (χ0v) is 36.3. The highest BCUT2D eigenvalue weighted by Crippen LogP contribution is 2.39. The molecule has 0 atom stereocenters. The maximum absolute atomic E-state index is 6.26. The molecular weight excluding hydrogens is 815 g/mol. The van der Waals surface area contributed by atoms with Crippen molar-refractivity contribution in [2.45, 2.75) is 0 Å². The van der Waals surface area contributed by atoms with Gasteiger partial charge in [0, 0.05) is 27.5 Å². The Kier molecular flexibility index (Phi) is 9.14. The lowest BCUT2D eigenvalue weighted by Crippen LogP contribution is -2.00. The van der Waals surface area contributed by atoms with Crippen molar-refractivity contribution in [1.82, 2.24) is 15.0 Å². The molecule has 0 bridgehead atoms. The molecule has 0 spiro atoms. The van der Waals surface area contributed by atoms with Crippen LogP contribution in [0.1, 0.15) is 0 Å². The molecular formula is C63H39N3O. The molecule has 0 radical (unpaired) electrons. The summed E-state index contributed by atoms with van der Waals surface area (Å²) in [5, 5.41) is 9.38. The number of hydrogen-bond acceptors (Lipinski definition) is 4. The lowest BCUT2D eigenvalue weighted by atomic mass is 9.96. The molecule has 67 heavy (non-hydrogen) atoms. The minimum absolute atomic E-state index is 0.609. The van der Waals surface area contributed by atoms with Gasteiger partial charge in [-0.3, -0.25) is 0 Å². The van der Waals surface area contributed by atoms with Crippen molar-refractivity contribution in [2.24, 2.45) is 0 Å². The predicted octanol–water partition coefficient (Wildman–Crippen LogP) is 16.9.